The Hall–Kier alpha value is -1.43. The van der Waals surface area contributed by atoms with Crippen molar-refractivity contribution >= 4 is 23.2 Å². The van der Waals surface area contributed by atoms with Crippen molar-refractivity contribution in [1.29, 1.82) is 0 Å². The van der Waals surface area contributed by atoms with Crippen molar-refractivity contribution in [2.75, 3.05) is 13.2 Å². The van der Waals surface area contributed by atoms with Crippen LogP contribution in [0.1, 0.15) is 54.4 Å². The van der Waals surface area contributed by atoms with Gasteiger partial charge in [0, 0.05) is 18.0 Å². The summed E-state index contributed by atoms with van der Waals surface area (Å²) in [4.78, 5) is 29.6. The fourth-order valence-electron chi connectivity index (χ4n) is 1.64. The van der Waals surface area contributed by atoms with Gasteiger partial charge in [-0.15, -0.1) is 11.3 Å². The first-order chi connectivity index (χ1) is 9.01. The van der Waals surface area contributed by atoms with Crippen molar-refractivity contribution in [2.24, 2.45) is 0 Å². The lowest BCUT2D eigenvalue weighted by Gasteiger charge is -2.25. The summed E-state index contributed by atoms with van der Waals surface area (Å²) < 4.78 is 4.86. The van der Waals surface area contributed by atoms with Gasteiger partial charge in [0.05, 0.1) is 6.61 Å². The Morgan fingerprint density at radius 2 is 2.11 bits per heavy atom. The maximum atomic E-state index is 12.3. The maximum absolute atomic E-state index is 12.3. The SMILES string of the molecule is CCCN(C(=O)c1csc(C(=O)OCC)n1)C(C)C. The van der Waals surface area contributed by atoms with E-state index < -0.39 is 5.97 Å². The summed E-state index contributed by atoms with van der Waals surface area (Å²) in [5.41, 5.74) is 0.315. The van der Waals surface area contributed by atoms with Crippen LogP contribution in [0.5, 0.6) is 0 Å². The molecule has 0 fully saturated rings. The van der Waals surface area contributed by atoms with Gasteiger partial charge in [-0.1, -0.05) is 6.92 Å². The van der Waals surface area contributed by atoms with Crippen LogP contribution >= 0.6 is 11.3 Å². The van der Waals surface area contributed by atoms with Crippen molar-refractivity contribution < 1.29 is 14.3 Å². The average Bonchev–Trinajstić information content (AvgIpc) is 2.84. The number of aromatic nitrogens is 1. The number of hydrogen-bond acceptors (Lipinski definition) is 5. The van der Waals surface area contributed by atoms with Gasteiger partial charge in [-0.05, 0) is 27.2 Å². The monoisotopic (exact) mass is 284 g/mol. The van der Waals surface area contributed by atoms with Gasteiger partial charge in [0.25, 0.3) is 5.91 Å². The molecule has 0 aromatic carbocycles. The van der Waals surface area contributed by atoms with E-state index in [1.54, 1.807) is 17.2 Å². The topological polar surface area (TPSA) is 59.5 Å². The average molecular weight is 284 g/mol. The maximum Gasteiger partial charge on any atom is 0.367 e. The third-order valence-corrected chi connectivity index (χ3v) is 3.34. The summed E-state index contributed by atoms with van der Waals surface area (Å²) in [5, 5.41) is 1.84. The van der Waals surface area contributed by atoms with Crippen molar-refractivity contribution in [3.63, 3.8) is 0 Å². The second-order valence-electron chi connectivity index (χ2n) is 4.35. The van der Waals surface area contributed by atoms with Crippen molar-refractivity contribution in [3.05, 3.63) is 16.1 Å². The predicted octanol–water partition coefficient (Wildman–Crippen LogP) is 2.58. The number of amides is 1. The minimum atomic E-state index is -0.474. The molecule has 1 rings (SSSR count). The van der Waals surface area contributed by atoms with E-state index in [1.165, 1.54) is 0 Å². The Bertz CT molecular complexity index is 443. The molecule has 0 unspecified atom stereocenters. The zero-order valence-corrected chi connectivity index (χ0v) is 12.6. The molecule has 0 bridgehead atoms. The summed E-state index contributed by atoms with van der Waals surface area (Å²) in [5.74, 6) is -0.609. The molecule has 19 heavy (non-hydrogen) atoms. The van der Waals surface area contributed by atoms with Crippen LogP contribution in [-0.4, -0.2) is 41.0 Å². The van der Waals surface area contributed by atoms with Crippen LogP contribution in [-0.2, 0) is 4.74 Å². The summed E-state index contributed by atoms with van der Waals surface area (Å²) in [6.45, 7) is 8.67. The van der Waals surface area contributed by atoms with Crippen LogP contribution in [0, 0.1) is 0 Å². The Morgan fingerprint density at radius 3 is 2.63 bits per heavy atom. The number of rotatable bonds is 6. The Labute approximate surface area is 117 Å². The van der Waals surface area contributed by atoms with Gasteiger partial charge >= 0.3 is 5.97 Å². The third-order valence-electron chi connectivity index (χ3n) is 2.52. The highest BCUT2D eigenvalue weighted by Gasteiger charge is 2.22. The standard InChI is InChI=1S/C13H20N2O3S/c1-5-7-15(9(3)4)12(16)10-8-19-11(14-10)13(17)18-6-2/h8-9H,5-7H2,1-4H3. The molecule has 0 aliphatic rings. The van der Waals surface area contributed by atoms with E-state index in [2.05, 4.69) is 4.98 Å². The van der Waals surface area contributed by atoms with Crippen LogP contribution in [0.4, 0.5) is 0 Å². The largest absolute Gasteiger partial charge is 0.461 e. The number of carbonyl (C=O) groups is 2. The van der Waals surface area contributed by atoms with E-state index in [4.69, 9.17) is 4.74 Å². The fraction of sp³-hybridized carbons (Fsp3) is 0.615. The molecular formula is C13H20N2O3S. The van der Waals surface area contributed by atoms with Gasteiger partial charge in [-0.25, -0.2) is 9.78 Å². The Kier molecular flexibility index (Phi) is 5.95. The molecule has 0 N–H and O–H groups in total. The van der Waals surface area contributed by atoms with E-state index in [-0.39, 0.29) is 17.0 Å². The van der Waals surface area contributed by atoms with Crippen molar-refractivity contribution in [3.8, 4) is 0 Å². The van der Waals surface area contributed by atoms with E-state index in [9.17, 15) is 9.59 Å². The normalized spacial score (nSPS) is 10.6. The summed E-state index contributed by atoms with van der Waals surface area (Å²) in [7, 11) is 0. The number of nitrogens with zero attached hydrogens (tertiary/aromatic N) is 2. The lowest BCUT2D eigenvalue weighted by molar-refractivity contribution is 0.0526. The van der Waals surface area contributed by atoms with Crippen molar-refractivity contribution in [1.82, 2.24) is 9.88 Å². The Balaban J connectivity index is 2.85. The first-order valence-electron chi connectivity index (χ1n) is 6.44. The van der Waals surface area contributed by atoms with Crippen LogP contribution in [0.3, 0.4) is 0 Å². The first-order valence-corrected chi connectivity index (χ1v) is 7.32. The summed E-state index contributed by atoms with van der Waals surface area (Å²) in [6, 6.07) is 0.111. The highest BCUT2D eigenvalue weighted by atomic mass is 32.1. The van der Waals surface area contributed by atoms with E-state index in [0.29, 0.717) is 18.8 Å². The lowest BCUT2D eigenvalue weighted by atomic mass is 10.2. The van der Waals surface area contributed by atoms with E-state index in [1.807, 2.05) is 20.8 Å². The predicted molar refractivity (Wildman–Crippen MR) is 74.5 cm³/mol. The second-order valence-corrected chi connectivity index (χ2v) is 5.21. The molecule has 1 aromatic heterocycles. The molecular weight excluding hydrogens is 264 g/mol. The van der Waals surface area contributed by atoms with E-state index >= 15 is 0 Å². The molecule has 0 aliphatic carbocycles. The summed E-state index contributed by atoms with van der Waals surface area (Å²) >= 11 is 1.14. The quantitative estimate of drug-likeness (QED) is 0.753. The number of carbonyl (C=O) groups excluding carboxylic acids is 2. The molecule has 5 nitrogen and oxygen atoms in total. The third kappa shape index (κ3) is 4.02. The molecule has 0 atom stereocenters. The van der Waals surface area contributed by atoms with Crippen LogP contribution in [0.2, 0.25) is 0 Å². The minimum Gasteiger partial charge on any atom is -0.461 e. The molecule has 0 aliphatic heterocycles. The highest BCUT2D eigenvalue weighted by molar-refractivity contribution is 7.11. The molecule has 6 heteroatoms. The molecule has 0 spiro atoms. The molecule has 1 heterocycles. The molecule has 1 amide bonds. The number of hydrogen-bond donors (Lipinski definition) is 0. The van der Waals surface area contributed by atoms with Gasteiger partial charge < -0.3 is 9.64 Å². The first kappa shape index (κ1) is 15.6. The van der Waals surface area contributed by atoms with Crippen LogP contribution in [0.15, 0.2) is 5.38 Å². The van der Waals surface area contributed by atoms with Crippen LogP contribution < -0.4 is 0 Å². The Morgan fingerprint density at radius 1 is 1.42 bits per heavy atom. The molecule has 1 aromatic rings. The van der Waals surface area contributed by atoms with Crippen LogP contribution in [0.25, 0.3) is 0 Å². The summed E-state index contributed by atoms with van der Waals surface area (Å²) in [6.07, 6.45) is 0.888. The molecule has 106 valence electrons. The zero-order valence-electron chi connectivity index (χ0n) is 11.8. The minimum absolute atomic E-state index is 0.111. The number of esters is 1. The van der Waals surface area contributed by atoms with Gasteiger partial charge in [0.2, 0.25) is 5.01 Å². The second kappa shape index (κ2) is 7.23. The van der Waals surface area contributed by atoms with Gasteiger partial charge in [0.1, 0.15) is 5.69 Å². The molecule has 0 saturated heterocycles. The smallest absolute Gasteiger partial charge is 0.367 e. The van der Waals surface area contributed by atoms with E-state index in [0.717, 1.165) is 17.8 Å². The fourth-order valence-corrected chi connectivity index (χ4v) is 2.32. The zero-order chi connectivity index (χ0) is 14.4. The van der Waals surface area contributed by atoms with Gasteiger partial charge in [-0.2, -0.15) is 0 Å². The highest BCUT2D eigenvalue weighted by Crippen LogP contribution is 2.14. The van der Waals surface area contributed by atoms with Crippen molar-refractivity contribution in [2.45, 2.75) is 40.2 Å². The number of ether oxygens (including phenoxy) is 1. The number of thiazole rings is 1. The van der Waals surface area contributed by atoms with Gasteiger partial charge in [0.15, 0.2) is 0 Å². The molecule has 0 radical (unpaired) electrons. The van der Waals surface area contributed by atoms with Gasteiger partial charge in [-0.3, -0.25) is 4.79 Å². The lowest BCUT2D eigenvalue weighted by Crippen LogP contribution is -2.37. The molecule has 0 saturated carbocycles.